The van der Waals surface area contributed by atoms with Crippen molar-refractivity contribution in [2.24, 2.45) is 11.8 Å². The summed E-state index contributed by atoms with van der Waals surface area (Å²) in [5.41, 5.74) is 3.27. The van der Waals surface area contributed by atoms with Crippen molar-refractivity contribution >= 4 is 63.2 Å². The quantitative estimate of drug-likeness (QED) is 0.292. The summed E-state index contributed by atoms with van der Waals surface area (Å²) in [5, 5.41) is 7.45. The minimum atomic E-state index is -0.396. The van der Waals surface area contributed by atoms with Crippen LogP contribution in [0.15, 0.2) is 24.3 Å². The maximum atomic E-state index is 12.8. The van der Waals surface area contributed by atoms with Crippen molar-refractivity contribution in [1.82, 2.24) is 15.3 Å². The molecule has 2 aromatic heterocycles. The van der Waals surface area contributed by atoms with E-state index in [1.165, 1.54) is 18.4 Å². The Bertz CT molecular complexity index is 1440. The Morgan fingerprint density at radius 3 is 2.60 bits per heavy atom. The Balaban J connectivity index is 1.26. The number of nitrogens with one attached hydrogen (secondary N) is 3. The molecule has 3 aromatic rings. The van der Waals surface area contributed by atoms with Crippen LogP contribution in [0, 0.1) is 18.8 Å². The van der Waals surface area contributed by atoms with Crippen LogP contribution in [-0.4, -0.2) is 67.2 Å². The summed E-state index contributed by atoms with van der Waals surface area (Å²) in [5.74, 6) is -0.462. The molecule has 5 rings (SSSR count). The highest BCUT2D eigenvalue weighted by atomic mass is 35.5. The van der Waals surface area contributed by atoms with Crippen LogP contribution >= 0.6 is 34.5 Å². The molecule has 2 aliphatic rings. The third-order valence-electron chi connectivity index (χ3n) is 7.15. The van der Waals surface area contributed by atoms with Gasteiger partial charge in [-0.3, -0.25) is 9.59 Å². The van der Waals surface area contributed by atoms with E-state index in [1.807, 2.05) is 24.3 Å². The van der Waals surface area contributed by atoms with Gasteiger partial charge < -0.3 is 30.0 Å². The largest absolute Gasteiger partial charge is 0.468 e. The Hall–Kier alpha value is -3.28. The van der Waals surface area contributed by atoms with Crippen LogP contribution in [-0.2, 0) is 20.7 Å². The number of aryl methyl sites for hydroxylation is 1. The van der Waals surface area contributed by atoms with Gasteiger partial charge in [0.25, 0.3) is 5.91 Å². The van der Waals surface area contributed by atoms with Crippen LogP contribution in [0.25, 0.3) is 0 Å². The second-order valence-corrected chi connectivity index (χ2v) is 11.5. The number of rotatable bonds is 10. The zero-order chi connectivity index (χ0) is 28.6. The predicted octanol–water partition coefficient (Wildman–Crippen LogP) is 4.30. The van der Waals surface area contributed by atoms with E-state index < -0.39 is 5.97 Å². The number of benzene rings is 1. The van der Waals surface area contributed by atoms with Gasteiger partial charge in [0.1, 0.15) is 17.1 Å². The number of esters is 2. The number of methoxy groups -OCH3 is 1. The summed E-state index contributed by atoms with van der Waals surface area (Å²) in [4.78, 5) is 47.4. The van der Waals surface area contributed by atoms with Gasteiger partial charge in [0.15, 0.2) is 5.13 Å². The van der Waals surface area contributed by atoms with E-state index in [0.717, 1.165) is 29.5 Å². The average Bonchev–Trinajstić information content (AvgIpc) is 3.29. The molecule has 1 aliphatic carbocycles. The molecule has 0 spiro atoms. The predicted molar refractivity (Wildman–Crippen MR) is 154 cm³/mol. The highest BCUT2D eigenvalue weighted by Crippen LogP contribution is 2.48. The lowest BCUT2D eigenvalue weighted by Crippen LogP contribution is -2.34. The first kappa shape index (κ1) is 28.3. The number of halogens is 2. The summed E-state index contributed by atoms with van der Waals surface area (Å²) in [6.45, 7) is 5.29. The fourth-order valence-corrected chi connectivity index (χ4v) is 6.44. The molecule has 0 unspecified atom stereocenters. The molecular weight excluding hydrogens is 577 g/mol. The standard InChI is InChI=1S/C27H29Cl2N5O5S/c1-4-39-26(37)24-18(9-14-6-5-7-15(8-14)30-10-19(35)38-3)32-27(40-24)34-11-16-17(12-34)22(16)33-25(36)23-21(29)20(28)13(2)31-23/h5-8,16-17,22,30-31H,4,9-12H2,1-3H3,(H,33,36)/t16-,17+,22-. The van der Waals surface area contributed by atoms with Crippen LogP contribution in [0.4, 0.5) is 10.8 Å². The normalized spacial score (nSPS) is 19.2. The molecule has 3 atom stereocenters. The van der Waals surface area contributed by atoms with Crippen molar-refractivity contribution in [3.8, 4) is 0 Å². The number of aromatic nitrogens is 2. The summed E-state index contributed by atoms with van der Waals surface area (Å²) >= 11 is 13.6. The number of H-pyrrole nitrogens is 1. The van der Waals surface area contributed by atoms with Crippen molar-refractivity contribution < 1.29 is 23.9 Å². The van der Waals surface area contributed by atoms with Crippen molar-refractivity contribution in [1.29, 1.82) is 0 Å². The summed E-state index contributed by atoms with van der Waals surface area (Å²) in [6.07, 6.45) is 0.427. The van der Waals surface area contributed by atoms with Gasteiger partial charge in [-0.2, -0.15) is 0 Å². The van der Waals surface area contributed by atoms with Gasteiger partial charge >= 0.3 is 11.9 Å². The van der Waals surface area contributed by atoms with E-state index in [2.05, 4.69) is 25.3 Å². The fourth-order valence-electron chi connectivity index (χ4n) is 5.03. The first-order valence-electron chi connectivity index (χ1n) is 12.9. The molecule has 3 heterocycles. The minimum Gasteiger partial charge on any atom is -0.468 e. The van der Waals surface area contributed by atoms with Crippen molar-refractivity contribution in [2.75, 3.05) is 43.6 Å². The van der Waals surface area contributed by atoms with Gasteiger partial charge in [-0.15, -0.1) is 0 Å². The highest BCUT2D eigenvalue weighted by Gasteiger charge is 2.57. The lowest BCUT2D eigenvalue weighted by atomic mass is 10.1. The maximum Gasteiger partial charge on any atom is 0.350 e. The lowest BCUT2D eigenvalue weighted by molar-refractivity contribution is -0.138. The maximum absolute atomic E-state index is 12.8. The Morgan fingerprint density at radius 1 is 1.20 bits per heavy atom. The second kappa shape index (κ2) is 11.7. The van der Waals surface area contributed by atoms with Gasteiger partial charge in [-0.1, -0.05) is 46.7 Å². The van der Waals surface area contributed by atoms with Gasteiger partial charge in [0, 0.05) is 48.8 Å². The number of ether oxygens (including phenoxy) is 2. The summed E-state index contributed by atoms with van der Waals surface area (Å²) in [6, 6.07) is 7.65. The summed E-state index contributed by atoms with van der Waals surface area (Å²) in [7, 11) is 1.34. The Labute approximate surface area is 245 Å². The zero-order valence-corrected chi connectivity index (χ0v) is 24.5. The topological polar surface area (TPSA) is 126 Å². The molecule has 10 nitrogen and oxygen atoms in total. The minimum absolute atomic E-state index is 0.0476. The molecular formula is C27H29Cl2N5O5S. The van der Waals surface area contributed by atoms with E-state index >= 15 is 0 Å². The van der Waals surface area contributed by atoms with Crippen LogP contribution in [0.2, 0.25) is 10.0 Å². The first-order chi connectivity index (χ1) is 19.2. The first-order valence-corrected chi connectivity index (χ1v) is 14.4. The van der Waals surface area contributed by atoms with Gasteiger partial charge in [0.2, 0.25) is 0 Å². The Morgan fingerprint density at radius 2 is 1.95 bits per heavy atom. The number of amides is 1. The fraction of sp³-hybridized carbons (Fsp3) is 0.407. The van der Waals surface area contributed by atoms with Gasteiger partial charge in [0.05, 0.1) is 29.5 Å². The molecule has 2 fully saturated rings. The SMILES string of the molecule is CCOC(=O)c1sc(N2C[C@@H]3[C@H](C2)[C@@H]3NC(=O)c2[nH]c(C)c(Cl)c2Cl)nc1Cc1cccc(NCC(=O)OC)c1. The van der Waals surface area contributed by atoms with E-state index in [4.69, 9.17) is 32.9 Å². The van der Waals surface area contributed by atoms with Crippen LogP contribution in [0.3, 0.4) is 0 Å². The Kier molecular flexibility index (Phi) is 8.25. The number of anilines is 2. The van der Waals surface area contributed by atoms with Crippen molar-refractivity contribution in [3.05, 3.63) is 61.8 Å². The molecule has 0 bridgehead atoms. The van der Waals surface area contributed by atoms with Gasteiger partial charge in [-0.25, -0.2) is 9.78 Å². The highest BCUT2D eigenvalue weighted by molar-refractivity contribution is 7.17. The van der Waals surface area contributed by atoms with E-state index in [-0.39, 0.29) is 53.6 Å². The number of nitrogens with zero attached hydrogens (tertiary/aromatic N) is 2. The number of fused-ring (bicyclic) bond motifs is 1. The molecule has 212 valence electrons. The molecule has 1 saturated carbocycles. The number of carbonyl (C=O) groups is 3. The monoisotopic (exact) mass is 605 g/mol. The van der Waals surface area contributed by atoms with Crippen LogP contribution in [0.5, 0.6) is 0 Å². The number of aromatic amines is 1. The molecule has 13 heteroatoms. The molecule has 3 N–H and O–H groups in total. The van der Waals surface area contributed by atoms with E-state index in [1.54, 1.807) is 13.8 Å². The number of carbonyl (C=O) groups excluding carboxylic acids is 3. The van der Waals surface area contributed by atoms with Crippen molar-refractivity contribution in [2.45, 2.75) is 26.3 Å². The smallest absolute Gasteiger partial charge is 0.350 e. The van der Waals surface area contributed by atoms with E-state index in [0.29, 0.717) is 27.7 Å². The molecule has 0 radical (unpaired) electrons. The molecule has 1 amide bonds. The molecule has 1 aromatic carbocycles. The average molecular weight is 607 g/mol. The molecule has 1 saturated heterocycles. The van der Waals surface area contributed by atoms with E-state index in [9.17, 15) is 14.4 Å². The van der Waals surface area contributed by atoms with Gasteiger partial charge in [-0.05, 0) is 31.5 Å². The number of piperidine rings is 1. The molecule has 1 aliphatic heterocycles. The third-order valence-corrected chi connectivity index (χ3v) is 9.24. The lowest BCUT2D eigenvalue weighted by Gasteiger charge is -2.19. The summed E-state index contributed by atoms with van der Waals surface area (Å²) < 4.78 is 10.00. The third kappa shape index (κ3) is 5.77. The second-order valence-electron chi connectivity index (χ2n) is 9.78. The number of hydrogen-bond acceptors (Lipinski definition) is 9. The zero-order valence-electron chi connectivity index (χ0n) is 22.2. The van der Waals surface area contributed by atoms with Crippen molar-refractivity contribution in [3.63, 3.8) is 0 Å². The van der Waals surface area contributed by atoms with Crippen LogP contribution < -0.4 is 15.5 Å². The number of thiazole rings is 1. The number of hydrogen-bond donors (Lipinski definition) is 3. The molecule has 40 heavy (non-hydrogen) atoms. The van der Waals surface area contributed by atoms with Crippen LogP contribution in [0.1, 0.15) is 44.0 Å².